The number of rotatable bonds is 5. The van der Waals surface area contributed by atoms with Crippen LogP contribution in [0.5, 0.6) is 0 Å². The predicted molar refractivity (Wildman–Crippen MR) is 93.4 cm³/mol. The van der Waals surface area contributed by atoms with E-state index in [9.17, 15) is 14.0 Å². The molecule has 2 amide bonds. The average Bonchev–Trinajstić information content (AvgIpc) is 2.69. The van der Waals surface area contributed by atoms with Crippen LogP contribution in [0.3, 0.4) is 0 Å². The smallest absolute Gasteiger partial charge is 0.269 e. The van der Waals surface area contributed by atoms with Crippen molar-refractivity contribution in [2.75, 3.05) is 32.8 Å². The van der Waals surface area contributed by atoms with Crippen molar-refractivity contribution in [1.29, 1.82) is 0 Å². The summed E-state index contributed by atoms with van der Waals surface area (Å²) in [6.45, 7) is 2.38. The van der Waals surface area contributed by atoms with Crippen LogP contribution in [-0.4, -0.2) is 54.5 Å². The summed E-state index contributed by atoms with van der Waals surface area (Å²) in [5.41, 5.74) is 1.12. The molecule has 136 valence electrons. The van der Waals surface area contributed by atoms with E-state index in [1.807, 2.05) is 0 Å². The third-order valence-electron chi connectivity index (χ3n) is 4.18. The minimum Gasteiger partial charge on any atom is -0.378 e. The largest absolute Gasteiger partial charge is 0.378 e. The Balaban J connectivity index is 1.59. The zero-order valence-corrected chi connectivity index (χ0v) is 14.3. The first-order valence-electron chi connectivity index (χ1n) is 8.50. The first-order valence-corrected chi connectivity index (χ1v) is 8.50. The second kappa shape index (κ2) is 8.53. The molecule has 2 aromatic rings. The van der Waals surface area contributed by atoms with Crippen LogP contribution in [-0.2, 0) is 11.2 Å². The molecular formula is C19H20FN3O3. The number of benzene rings is 1. The third-order valence-corrected chi connectivity index (χ3v) is 4.18. The molecule has 3 rings (SSSR count). The topological polar surface area (TPSA) is 71.5 Å². The molecule has 0 aliphatic carbocycles. The van der Waals surface area contributed by atoms with Crippen molar-refractivity contribution >= 4 is 11.8 Å². The van der Waals surface area contributed by atoms with Gasteiger partial charge in [0.25, 0.3) is 11.8 Å². The number of halogens is 1. The number of carbonyl (C=O) groups excluding carboxylic acids is 2. The van der Waals surface area contributed by atoms with Crippen molar-refractivity contribution < 1.29 is 18.7 Å². The van der Waals surface area contributed by atoms with Gasteiger partial charge in [-0.15, -0.1) is 0 Å². The van der Waals surface area contributed by atoms with Gasteiger partial charge in [-0.25, -0.2) is 4.39 Å². The summed E-state index contributed by atoms with van der Waals surface area (Å²) in [6.07, 6.45) is 1.82. The molecule has 0 radical (unpaired) electrons. The SMILES string of the molecule is O=C(NCCc1ccccc1F)c1cc(C(=O)N2CCOCC2)ccn1. The maximum atomic E-state index is 13.6. The molecular weight excluding hydrogens is 337 g/mol. The second-order valence-electron chi connectivity index (χ2n) is 5.93. The van der Waals surface area contributed by atoms with Gasteiger partial charge in [-0.2, -0.15) is 0 Å². The normalized spacial score (nSPS) is 14.1. The van der Waals surface area contributed by atoms with Crippen LogP contribution in [0.15, 0.2) is 42.6 Å². The van der Waals surface area contributed by atoms with Gasteiger partial charge in [-0.1, -0.05) is 18.2 Å². The molecule has 7 heteroatoms. The fourth-order valence-corrected chi connectivity index (χ4v) is 2.74. The summed E-state index contributed by atoms with van der Waals surface area (Å²) in [7, 11) is 0. The van der Waals surface area contributed by atoms with Gasteiger partial charge < -0.3 is 15.0 Å². The third kappa shape index (κ3) is 4.43. The molecule has 6 nitrogen and oxygen atoms in total. The lowest BCUT2D eigenvalue weighted by atomic mass is 10.1. The Hall–Kier alpha value is -2.80. The number of nitrogens with zero attached hydrogens (tertiary/aromatic N) is 2. The first kappa shape index (κ1) is 18.0. The van der Waals surface area contributed by atoms with Crippen LogP contribution in [0.25, 0.3) is 0 Å². The van der Waals surface area contributed by atoms with E-state index in [2.05, 4.69) is 10.3 Å². The minimum atomic E-state index is -0.391. The van der Waals surface area contributed by atoms with Crippen LogP contribution in [0, 0.1) is 5.82 Å². The summed E-state index contributed by atoms with van der Waals surface area (Å²) in [6, 6.07) is 9.52. The molecule has 1 aromatic heterocycles. The first-order chi connectivity index (χ1) is 12.6. The fraction of sp³-hybridized carbons (Fsp3) is 0.316. The Morgan fingerprint density at radius 1 is 1.19 bits per heavy atom. The van der Waals surface area contributed by atoms with Crippen molar-refractivity contribution in [3.63, 3.8) is 0 Å². The van der Waals surface area contributed by atoms with Crippen molar-refractivity contribution in [1.82, 2.24) is 15.2 Å². The van der Waals surface area contributed by atoms with Gasteiger partial charge in [0.1, 0.15) is 11.5 Å². The minimum absolute atomic E-state index is 0.142. The number of amides is 2. The molecule has 0 spiro atoms. The van der Waals surface area contributed by atoms with E-state index in [1.54, 1.807) is 29.2 Å². The predicted octanol–water partition coefficient (Wildman–Crippen LogP) is 1.67. The van der Waals surface area contributed by atoms with Crippen LogP contribution in [0.1, 0.15) is 26.4 Å². The average molecular weight is 357 g/mol. The number of aromatic nitrogens is 1. The Labute approximate surface area is 151 Å². The highest BCUT2D eigenvalue weighted by Gasteiger charge is 2.19. The highest BCUT2D eigenvalue weighted by molar-refractivity contribution is 5.98. The monoisotopic (exact) mass is 357 g/mol. The quantitative estimate of drug-likeness (QED) is 0.884. The van der Waals surface area contributed by atoms with E-state index in [0.717, 1.165) is 0 Å². The Bertz CT molecular complexity index is 791. The zero-order valence-electron chi connectivity index (χ0n) is 14.3. The number of carbonyl (C=O) groups is 2. The Morgan fingerprint density at radius 2 is 1.96 bits per heavy atom. The number of ether oxygens (including phenoxy) is 1. The molecule has 2 heterocycles. The molecule has 26 heavy (non-hydrogen) atoms. The van der Waals surface area contributed by atoms with Crippen LogP contribution < -0.4 is 5.32 Å². The maximum absolute atomic E-state index is 13.6. The fourth-order valence-electron chi connectivity index (χ4n) is 2.74. The molecule has 1 N–H and O–H groups in total. The van der Waals surface area contributed by atoms with Gasteiger partial charge in [-0.05, 0) is 30.2 Å². The van der Waals surface area contributed by atoms with Crippen molar-refractivity contribution in [3.05, 3.63) is 65.2 Å². The molecule has 1 aliphatic rings. The molecule has 1 fully saturated rings. The van der Waals surface area contributed by atoms with Crippen LogP contribution in [0.4, 0.5) is 4.39 Å². The van der Waals surface area contributed by atoms with Gasteiger partial charge >= 0.3 is 0 Å². The van der Waals surface area contributed by atoms with Gasteiger partial charge in [0.05, 0.1) is 13.2 Å². The molecule has 1 saturated heterocycles. The number of hydrogen-bond acceptors (Lipinski definition) is 4. The lowest BCUT2D eigenvalue weighted by molar-refractivity contribution is 0.0303. The van der Waals surface area contributed by atoms with Crippen molar-refractivity contribution in [2.45, 2.75) is 6.42 Å². The summed E-state index contributed by atoms with van der Waals surface area (Å²) < 4.78 is 18.8. The lowest BCUT2D eigenvalue weighted by Gasteiger charge is -2.26. The van der Waals surface area contributed by atoms with E-state index in [-0.39, 0.29) is 24.0 Å². The molecule has 0 saturated carbocycles. The molecule has 1 aromatic carbocycles. The number of pyridine rings is 1. The van der Waals surface area contributed by atoms with E-state index in [0.29, 0.717) is 43.9 Å². The van der Waals surface area contributed by atoms with Crippen LogP contribution >= 0.6 is 0 Å². The number of nitrogens with one attached hydrogen (secondary N) is 1. The van der Waals surface area contributed by atoms with E-state index in [1.165, 1.54) is 18.3 Å². The maximum Gasteiger partial charge on any atom is 0.269 e. The summed E-state index contributed by atoms with van der Waals surface area (Å²) >= 11 is 0. The lowest BCUT2D eigenvalue weighted by Crippen LogP contribution is -2.40. The molecule has 1 aliphatic heterocycles. The van der Waals surface area contributed by atoms with Crippen molar-refractivity contribution in [3.8, 4) is 0 Å². The number of morpholine rings is 1. The molecule has 0 unspecified atom stereocenters. The highest BCUT2D eigenvalue weighted by atomic mass is 19.1. The summed E-state index contributed by atoms with van der Waals surface area (Å²) in [5.74, 6) is -0.827. The summed E-state index contributed by atoms with van der Waals surface area (Å²) in [5, 5.41) is 2.71. The Morgan fingerprint density at radius 3 is 2.73 bits per heavy atom. The van der Waals surface area contributed by atoms with Gasteiger partial charge in [-0.3, -0.25) is 14.6 Å². The second-order valence-corrected chi connectivity index (χ2v) is 5.93. The van der Waals surface area contributed by atoms with Gasteiger partial charge in [0.2, 0.25) is 0 Å². The highest BCUT2D eigenvalue weighted by Crippen LogP contribution is 2.09. The van der Waals surface area contributed by atoms with E-state index in [4.69, 9.17) is 4.74 Å². The standard InChI is InChI=1S/C19H20FN3O3/c20-16-4-2-1-3-14(16)5-8-22-18(24)17-13-15(6-7-21-17)19(25)23-9-11-26-12-10-23/h1-4,6-7,13H,5,8-12H2,(H,22,24). The van der Waals surface area contributed by atoms with Gasteiger partial charge in [0, 0.05) is 31.4 Å². The molecule has 0 bridgehead atoms. The number of hydrogen-bond donors (Lipinski definition) is 1. The summed E-state index contributed by atoms with van der Waals surface area (Å²) in [4.78, 5) is 30.5. The van der Waals surface area contributed by atoms with E-state index < -0.39 is 5.91 Å². The van der Waals surface area contributed by atoms with Crippen LogP contribution in [0.2, 0.25) is 0 Å². The molecule has 0 atom stereocenters. The van der Waals surface area contributed by atoms with E-state index >= 15 is 0 Å². The van der Waals surface area contributed by atoms with Crippen molar-refractivity contribution in [2.24, 2.45) is 0 Å². The Kier molecular flexibility index (Phi) is 5.91. The van der Waals surface area contributed by atoms with Gasteiger partial charge in [0.15, 0.2) is 0 Å². The zero-order chi connectivity index (χ0) is 18.4.